The van der Waals surface area contributed by atoms with Gasteiger partial charge >= 0.3 is 0 Å². The third-order valence-electron chi connectivity index (χ3n) is 3.47. The lowest BCUT2D eigenvalue weighted by molar-refractivity contribution is 0.542. The van der Waals surface area contributed by atoms with Gasteiger partial charge in [0.25, 0.3) is 0 Å². The molecule has 3 heteroatoms. The summed E-state index contributed by atoms with van der Waals surface area (Å²) in [4.78, 5) is 0. The van der Waals surface area contributed by atoms with E-state index in [1.807, 2.05) is 23.9 Å². The van der Waals surface area contributed by atoms with Crippen molar-refractivity contribution in [2.24, 2.45) is 0 Å². The van der Waals surface area contributed by atoms with Crippen molar-refractivity contribution in [2.75, 3.05) is 18.6 Å². The van der Waals surface area contributed by atoms with Gasteiger partial charge in [-0.15, -0.1) is 0 Å². The molecule has 0 radical (unpaired) electrons. The monoisotopic (exact) mass is 267 g/mol. The first kappa shape index (κ1) is 13.9. The largest absolute Gasteiger partial charge is 0.313 e. The highest BCUT2D eigenvalue weighted by Crippen LogP contribution is 2.25. The second kappa shape index (κ2) is 7.15. The number of thioether (sulfide) groups is 1. The summed E-state index contributed by atoms with van der Waals surface area (Å²) in [5.41, 5.74) is 1.27. The average molecular weight is 267 g/mol. The lowest BCUT2D eigenvalue weighted by atomic mass is 9.94. The van der Waals surface area contributed by atoms with Crippen LogP contribution in [0.3, 0.4) is 0 Å². The summed E-state index contributed by atoms with van der Waals surface area (Å²) < 4.78 is 13.0. The van der Waals surface area contributed by atoms with Crippen molar-refractivity contribution < 1.29 is 4.39 Å². The molecule has 18 heavy (non-hydrogen) atoms. The summed E-state index contributed by atoms with van der Waals surface area (Å²) in [7, 11) is 0. The predicted octanol–water partition coefficient (Wildman–Crippen LogP) is 3.80. The lowest BCUT2D eigenvalue weighted by Crippen LogP contribution is -2.23. The van der Waals surface area contributed by atoms with Crippen molar-refractivity contribution in [3.05, 3.63) is 35.6 Å². The third kappa shape index (κ3) is 4.62. The maximum absolute atomic E-state index is 13.0. The molecular weight excluding hydrogens is 245 g/mol. The molecule has 0 bridgehead atoms. The maximum Gasteiger partial charge on any atom is 0.123 e. The van der Waals surface area contributed by atoms with Crippen molar-refractivity contribution in [3.63, 3.8) is 0 Å². The van der Waals surface area contributed by atoms with Crippen LogP contribution in [-0.2, 0) is 0 Å². The molecule has 1 atom stereocenters. The molecule has 1 N–H and O–H groups in total. The van der Waals surface area contributed by atoms with Gasteiger partial charge < -0.3 is 5.32 Å². The molecule has 0 heterocycles. The van der Waals surface area contributed by atoms with Crippen LogP contribution in [0.4, 0.5) is 4.39 Å². The Bertz CT molecular complexity index is 348. The van der Waals surface area contributed by atoms with Crippen molar-refractivity contribution >= 4 is 11.8 Å². The van der Waals surface area contributed by atoms with E-state index in [9.17, 15) is 4.39 Å². The molecule has 1 saturated carbocycles. The number of nitrogens with one attached hydrogen (secondary N) is 1. The molecule has 1 unspecified atom stereocenters. The second-order valence-corrected chi connectivity index (χ2v) is 6.05. The summed E-state index contributed by atoms with van der Waals surface area (Å²) >= 11 is 1.90. The number of halogens is 1. The number of hydrogen-bond donors (Lipinski definition) is 1. The highest BCUT2D eigenvalue weighted by atomic mass is 32.2. The average Bonchev–Trinajstić information content (AvgIpc) is 3.19. The van der Waals surface area contributed by atoms with Crippen molar-refractivity contribution in [1.82, 2.24) is 5.32 Å². The van der Waals surface area contributed by atoms with E-state index in [1.165, 1.54) is 37.0 Å². The van der Waals surface area contributed by atoms with E-state index in [0.717, 1.165) is 12.6 Å². The fourth-order valence-electron chi connectivity index (χ4n) is 2.19. The van der Waals surface area contributed by atoms with Gasteiger partial charge in [-0.05, 0) is 61.3 Å². The molecule has 1 aromatic carbocycles. The highest BCUT2D eigenvalue weighted by molar-refractivity contribution is 7.98. The van der Waals surface area contributed by atoms with Crippen molar-refractivity contribution in [1.29, 1.82) is 0 Å². The Balaban J connectivity index is 1.90. The SMILES string of the molecule is CSCCCC(CNC1CC1)c1ccc(F)cc1. The fourth-order valence-corrected chi connectivity index (χ4v) is 2.65. The first-order valence-electron chi connectivity index (χ1n) is 6.77. The Kier molecular flexibility index (Phi) is 5.51. The van der Waals surface area contributed by atoms with Crippen LogP contribution in [0.2, 0.25) is 0 Å². The van der Waals surface area contributed by atoms with Crippen LogP contribution < -0.4 is 5.32 Å². The van der Waals surface area contributed by atoms with Crippen LogP contribution in [-0.4, -0.2) is 24.6 Å². The van der Waals surface area contributed by atoms with E-state index >= 15 is 0 Å². The number of benzene rings is 1. The van der Waals surface area contributed by atoms with E-state index in [4.69, 9.17) is 0 Å². The predicted molar refractivity (Wildman–Crippen MR) is 77.8 cm³/mol. The zero-order valence-corrected chi connectivity index (χ0v) is 11.8. The van der Waals surface area contributed by atoms with Crippen LogP contribution in [0.15, 0.2) is 24.3 Å². The van der Waals surface area contributed by atoms with E-state index in [0.29, 0.717) is 5.92 Å². The number of hydrogen-bond acceptors (Lipinski definition) is 2. The van der Waals surface area contributed by atoms with Gasteiger partial charge in [-0.3, -0.25) is 0 Å². The van der Waals surface area contributed by atoms with Crippen LogP contribution in [0, 0.1) is 5.82 Å². The molecule has 0 amide bonds. The van der Waals surface area contributed by atoms with E-state index in [-0.39, 0.29) is 5.82 Å². The summed E-state index contributed by atoms with van der Waals surface area (Å²) in [6.07, 6.45) is 7.21. The van der Waals surface area contributed by atoms with E-state index < -0.39 is 0 Å². The van der Waals surface area contributed by atoms with Gasteiger partial charge in [-0.1, -0.05) is 12.1 Å². The van der Waals surface area contributed by atoms with Gasteiger partial charge in [0.15, 0.2) is 0 Å². The van der Waals surface area contributed by atoms with Gasteiger partial charge in [0.1, 0.15) is 5.82 Å². The molecule has 1 aromatic rings. The van der Waals surface area contributed by atoms with Crippen LogP contribution in [0.25, 0.3) is 0 Å². The lowest BCUT2D eigenvalue weighted by Gasteiger charge is -2.18. The Morgan fingerprint density at radius 3 is 2.67 bits per heavy atom. The minimum absolute atomic E-state index is 0.142. The van der Waals surface area contributed by atoms with E-state index in [1.54, 1.807) is 12.1 Å². The van der Waals surface area contributed by atoms with Crippen LogP contribution >= 0.6 is 11.8 Å². The standard InChI is InChI=1S/C15H22FNS/c1-18-10-2-3-13(11-17-15-8-9-15)12-4-6-14(16)7-5-12/h4-7,13,15,17H,2-3,8-11H2,1H3. The summed E-state index contributed by atoms with van der Waals surface area (Å²) in [5.74, 6) is 1.59. The molecule has 1 aliphatic rings. The minimum Gasteiger partial charge on any atom is -0.313 e. The molecule has 0 aromatic heterocycles. The van der Waals surface area contributed by atoms with Gasteiger partial charge in [0.2, 0.25) is 0 Å². The van der Waals surface area contributed by atoms with Gasteiger partial charge in [0.05, 0.1) is 0 Å². The maximum atomic E-state index is 13.0. The molecule has 100 valence electrons. The molecule has 1 aliphatic carbocycles. The molecule has 0 spiro atoms. The Morgan fingerprint density at radius 2 is 2.06 bits per heavy atom. The second-order valence-electron chi connectivity index (χ2n) is 5.07. The third-order valence-corrected chi connectivity index (χ3v) is 4.17. The molecule has 1 nitrogen and oxygen atoms in total. The van der Waals surface area contributed by atoms with E-state index in [2.05, 4.69) is 11.6 Å². The molecule has 2 rings (SSSR count). The molecule has 0 saturated heterocycles. The molecule has 1 fully saturated rings. The topological polar surface area (TPSA) is 12.0 Å². The smallest absolute Gasteiger partial charge is 0.123 e. The fraction of sp³-hybridized carbons (Fsp3) is 0.600. The molecular formula is C15H22FNS. The van der Waals surface area contributed by atoms with Gasteiger partial charge in [0, 0.05) is 12.6 Å². The summed E-state index contributed by atoms with van der Waals surface area (Å²) in [6.45, 7) is 1.03. The number of rotatable bonds is 8. The molecule has 0 aliphatic heterocycles. The normalized spacial score (nSPS) is 16.8. The van der Waals surface area contributed by atoms with Crippen LogP contribution in [0.1, 0.15) is 37.2 Å². The van der Waals surface area contributed by atoms with Crippen molar-refractivity contribution in [2.45, 2.75) is 37.6 Å². The first-order chi connectivity index (χ1) is 8.79. The zero-order valence-electron chi connectivity index (χ0n) is 11.0. The first-order valence-corrected chi connectivity index (χ1v) is 8.17. The Morgan fingerprint density at radius 1 is 1.33 bits per heavy atom. The van der Waals surface area contributed by atoms with Crippen molar-refractivity contribution in [3.8, 4) is 0 Å². The van der Waals surface area contributed by atoms with Gasteiger partial charge in [-0.25, -0.2) is 4.39 Å². The van der Waals surface area contributed by atoms with Crippen LogP contribution in [0.5, 0.6) is 0 Å². The summed E-state index contributed by atoms with van der Waals surface area (Å²) in [5, 5.41) is 3.60. The zero-order chi connectivity index (χ0) is 12.8. The quantitative estimate of drug-likeness (QED) is 0.719. The Labute approximate surface area is 114 Å². The van der Waals surface area contributed by atoms with Gasteiger partial charge in [-0.2, -0.15) is 11.8 Å². The minimum atomic E-state index is -0.142. The Hall–Kier alpha value is -0.540. The highest BCUT2D eigenvalue weighted by Gasteiger charge is 2.22. The summed E-state index contributed by atoms with van der Waals surface area (Å²) in [6, 6.07) is 7.78.